The van der Waals surface area contributed by atoms with Crippen molar-refractivity contribution in [3.63, 3.8) is 0 Å². The van der Waals surface area contributed by atoms with E-state index in [4.69, 9.17) is 23.8 Å². The van der Waals surface area contributed by atoms with E-state index in [1.165, 1.54) is 0 Å². The van der Waals surface area contributed by atoms with Gasteiger partial charge in [0, 0.05) is 29.2 Å². The molecule has 1 aliphatic rings. The van der Waals surface area contributed by atoms with Gasteiger partial charge in [0.05, 0.1) is 23.5 Å². The molecule has 0 amide bonds. The minimum Gasteiger partial charge on any atom is -0.506 e. The molecule has 3 aromatic rings. The van der Waals surface area contributed by atoms with Crippen LogP contribution in [0.15, 0.2) is 48.7 Å². The zero-order valence-electron chi connectivity index (χ0n) is 16.6. The highest BCUT2D eigenvalue weighted by molar-refractivity contribution is 7.80. The number of nitrogens with zero attached hydrogens (tertiary/aromatic N) is 3. The molecule has 29 heavy (non-hydrogen) atoms. The van der Waals surface area contributed by atoms with Crippen LogP contribution in [0.25, 0.3) is 5.69 Å². The van der Waals surface area contributed by atoms with Crippen molar-refractivity contribution < 1.29 is 5.11 Å². The Morgan fingerprint density at radius 3 is 2.69 bits per heavy atom. The first kappa shape index (κ1) is 19.7. The number of hydrogen-bond acceptors (Lipinski definition) is 3. The van der Waals surface area contributed by atoms with E-state index in [0.29, 0.717) is 10.7 Å². The minimum atomic E-state index is -0.0504. The Hall–Kier alpha value is -2.57. The minimum absolute atomic E-state index is 0.00340. The van der Waals surface area contributed by atoms with Gasteiger partial charge < -0.3 is 19.9 Å². The van der Waals surface area contributed by atoms with Crippen molar-refractivity contribution in [2.45, 2.75) is 32.9 Å². The summed E-state index contributed by atoms with van der Waals surface area (Å²) in [7, 11) is 0. The van der Waals surface area contributed by atoms with Gasteiger partial charge in [-0.15, -0.1) is 0 Å². The summed E-state index contributed by atoms with van der Waals surface area (Å²) in [6.07, 6.45) is 1.80. The number of aryl methyl sites for hydroxylation is 1. The maximum atomic E-state index is 10.4. The van der Waals surface area contributed by atoms with Crippen molar-refractivity contribution >= 4 is 28.9 Å². The number of aromatic hydroxyl groups is 1. The fourth-order valence-electron chi connectivity index (χ4n) is 4.22. The second kappa shape index (κ2) is 7.69. The standard InChI is InChI=1S/C22H23ClN4OS/c1-4-26-21(20(25-22(26)29)17-7-5-6-10-24-17)16-11-13(2)27(14(16)3)18-12-15(23)8-9-19(18)28/h5-12,20-21,28H,4H2,1-3H3,(H,25,29)/t20-,21-/m1/s1. The summed E-state index contributed by atoms with van der Waals surface area (Å²) < 4.78 is 2.04. The monoisotopic (exact) mass is 426 g/mol. The molecule has 4 rings (SSSR count). The number of phenols is 1. The van der Waals surface area contributed by atoms with Gasteiger partial charge in [-0.1, -0.05) is 17.7 Å². The first-order valence-electron chi connectivity index (χ1n) is 9.58. The van der Waals surface area contributed by atoms with Gasteiger partial charge in [0.15, 0.2) is 5.11 Å². The Morgan fingerprint density at radius 1 is 1.21 bits per heavy atom. The molecule has 5 nitrogen and oxygen atoms in total. The molecule has 0 saturated carbocycles. The number of phenolic OH excluding ortho intramolecular Hbond substituents is 1. The quantitative estimate of drug-likeness (QED) is 0.584. The number of nitrogens with one attached hydrogen (secondary N) is 1. The van der Waals surface area contributed by atoms with Crippen LogP contribution in [0.2, 0.25) is 5.02 Å². The molecular weight excluding hydrogens is 404 g/mol. The van der Waals surface area contributed by atoms with Crippen LogP contribution < -0.4 is 5.32 Å². The molecule has 2 N–H and O–H groups in total. The Kier molecular flexibility index (Phi) is 5.23. The topological polar surface area (TPSA) is 53.3 Å². The highest BCUT2D eigenvalue weighted by Crippen LogP contribution is 2.41. The highest BCUT2D eigenvalue weighted by Gasteiger charge is 2.40. The average molecular weight is 427 g/mol. The fourth-order valence-corrected chi connectivity index (χ4v) is 4.75. The highest BCUT2D eigenvalue weighted by atomic mass is 35.5. The van der Waals surface area contributed by atoms with Gasteiger partial charge >= 0.3 is 0 Å². The van der Waals surface area contributed by atoms with Crippen LogP contribution in [-0.2, 0) is 0 Å². The average Bonchev–Trinajstić information content (AvgIpc) is 3.19. The summed E-state index contributed by atoms with van der Waals surface area (Å²) in [5.41, 5.74) is 4.82. The molecule has 0 spiro atoms. The number of aromatic nitrogens is 2. The largest absolute Gasteiger partial charge is 0.506 e. The lowest BCUT2D eigenvalue weighted by Gasteiger charge is -2.27. The number of thiocarbonyl (C=S) groups is 1. The van der Waals surface area contributed by atoms with E-state index in [1.807, 2.05) is 29.7 Å². The molecule has 7 heteroatoms. The SMILES string of the molecule is CCN1C(=S)N[C@H](c2ccccn2)[C@H]1c1cc(C)n(-c2cc(Cl)ccc2O)c1C. The van der Waals surface area contributed by atoms with E-state index < -0.39 is 0 Å². The molecule has 1 fully saturated rings. The van der Waals surface area contributed by atoms with Crippen molar-refractivity contribution in [2.24, 2.45) is 0 Å². The first-order chi connectivity index (χ1) is 13.9. The second-order valence-electron chi connectivity index (χ2n) is 7.21. The smallest absolute Gasteiger partial charge is 0.170 e. The fraction of sp³-hybridized carbons (Fsp3) is 0.273. The molecule has 2 atom stereocenters. The molecule has 0 unspecified atom stereocenters. The predicted octanol–water partition coefficient (Wildman–Crippen LogP) is 4.84. The number of rotatable bonds is 4. The Balaban J connectivity index is 1.86. The summed E-state index contributed by atoms with van der Waals surface area (Å²) in [6, 6.07) is 13.1. The Bertz CT molecular complexity index is 1070. The second-order valence-corrected chi connectivity index (χ2v) is 8.03. The van der Waals surface area contributed by atoms with Crippen LogP contribution >= 0.6 is 23.8 Å². The predicted molar refractivity (Wildman–Crippen MR) is 120 cm³/mol. The third-order valence-electron chi connectivity index (χ3n) is 5.51. The molecule has 1 saturated heterocycles. The third-order valence-corrected chi connectivity index (χ3v) is 6.09. The lowest BCUT2D eigenvalue weighted by atomic mass is 9.97. The third kappa shape index (κ3) is 3.36. The van der Waals surface area contributed by atoms with Crippen molar-refractivity contribution in [1.29, 1.82) is 0 Å². The summed E-state index contributed by atoms with van der Waals surface area (Å²) >= 11 is 11.8. The van der Waals surface area contributed by atoms with Gasteiger partial charge in [-0.2, -0.15) is 0 Å². The van der Waals surface area contributed by atoms with Gasteiger partial charge in [-0.25, -0.2) is 0 Å². The zero-order chi connectivity index (χ0) is 20.7. The molecule has 150 valence electrons. The molecule has 0 bridgehead atoms. The molecule has 2 aromatic heterocycles. The van der Waals surface area contributed by atoms with Gasteiger partial charge in [0.2, 0.25) is 0 Å². The van der Waals surface area contributed by atoms with E-state index in [2.05, 4.69) is 35.1 Å². The summed E-state index contributed by atoms with van der Waals surface area (Å²) in [5.74, 6) is 0.191. The van der Waals surface area contributed by atoms with Crippen LogP contribution in [0.4, 0.5) is 0 Å². The molecular formula is C22H23ClN4OS. The molecule has 0 radical (unpaired) electrons. The van der Waals surface area contributed by atoms with Crippen molar-refractivity contribution in [3.05, 3.63) is 76.3 Å². The van der Waals surface area contributed by atoms with Crippen molar-refractivity contribution in [2.75, 3.05) is 6.54 Å². The van der Waals surface area contributed by atoms with Crippen LogP contribution in [0.3, 0.4) is 0 Å². The number of halogens is 1. The number of benzene rings is 1. The number of likely N-dealkylation sites (N-methyl/N-ethyl adjacent to an activating group) is 1. The molecule has 1 aliphatic heterocycles. The molecule has 0 aliphatic carbocycles. The lowest BCUT2D eigenvalue weighted by molar-refractivity contribution is 0.329. The van der Waals surface area contributed by atoms with Crippen LogP contribution in [0.1, 0.15) is 41.7 Å². The lowest BCUT2D eigenvalue weighted by Crippen LogP contribution is -2.29. The van der Waals surface area contributed by atoms with Gasteiger partial charge in [0.25, 0.3) is 0 Å². The van der Waals surface area contributed by atoms with Crippen molar-refractivity contribution in [1.82, 2.24) is 19.8 Å². The van der Waals surface area contributed by atoms with Crippen LogP contribution in [-0.4, -0.2) is 31.2 Å². The van der Waals surface area contributed by atoms with Gasteiger partial charge in [-0.05, 0) is 75.0 Å². The van der Waals surface area contributed by atoms with Gasteiger partial charge in [0.1, 0.15) is 5.75 Å². The van der Waals surface area contributed by atoms with Crippen molar-refractivity contribution in [3.8, 4) is 11.4 Å². The van der Waals surface area contributed by atoms with E-state index in [-0.39, 0.29) is 17.8 Å². The van der Waals surface area contributed by atoms with Crippen LogP contribution in [0, 0.1) is 13.8 Å². The maximum Gasteiger partial charge on any atom is 0.170 e. The van der Waals surface area contributed by atoms with Gasteiger partial charge in [-0.3, -0.25) is 4.98 Å². The summed E-state index contributed by atoms with van der Waals surface area (Å²) in [6.45, 7) is 6.98. The summed E-state index contributed by atoms with van der Waals surface area (Å²) in [4.78, 5) is 6.76. The van der Waals surface area contributed by atoms with E-state index >= 15 is 0 Å². The van der Waals surface area contributed by atoms with Crippen LogP contribution in [0.5, 0.6) is 5.75 Å². The molecule has 3 heterocycles. The first-order valence-corrected chi connectivity index (χ1v) is 10.4. The summed E-state index contributed by atoms with van der Waals surface area (Å²) in [5, 5.41) is 15.2. The number of hydrogen-bond donors (Lipinski definition) is 2. The van der Waals surface area contributed by atoms with E-state index in [9.17, 15) is 5.11 Å². The van der Waals surface area contributed by atoms with E-state index in [0.717, 1.165) is 34.3 Å². The van der Waals surface area contributed by atoms with E-state index in [1.54, 1.807) is 24.4 Å². The normalized spacial score (nSPS) is 18.9. The zero-order valence-corrected chi connectivity index (χ0v) is 18.1. The Labute approximate surface area is 180 Å². The molecule has 1 aromatic carbocycles. The maximum absolute atomic E-state index is 10.4. The number of pyridine rings is 1. The Morgan fingerprint density at radius 2 is 2.00 bits per heavy atom.